The van der Waals surface area contributed by atoms with Gasteiger partial charge in [0.05, 0.1) is 5.54 Å². The molecule has 1 aromatic heterocycles. The highest BCUT2D eigenvalue weighted by atomic mass is 19.1. The van der Waals surface area contributed by atoms with Crippen LogP contribution in [0.2, 0.25) is 0 Å². The molecule has 3 aromatic rings. The summed E-state index contributed by atoms with van der Waals surface area (Å²) >= 11 is 0. The van der Waals surface area contributed by atoms with Crippen molar-refractivity contribution in [2.45, 2.75) is 56.0 Å². The fourth-order valence-electron chi connectivity index (χ4n) is 8.60. The van der Waals surface area contributed by atoms with Crippen LogP contribution in [0.4, 0.5) is 14.6 Å². The first-order valence-corrected chi connectivity index (χ1v) is 16.1. The van der Waals surface area contributed by atoms with Gasteiger partial charge in [-0.2, -0.15) is 9.97 Å². The number of carbonyl (C=O) groups is 1. The number of aromatic nitrogens is 2. The Morgan fingerprint density at radius 2 is 1.93 bits per heavy atom. The topological polar surface area (TPSA) is 66.2 Å². The van der Waals surface area contributed by atoms with Crippen LogP contribution in [0.3, 0.4) is 0 Å². The van der Waals surface area contributed by atoms with Crippen molar-refractivity contribution in [1.82, 2.24) is 19.8 Å². The van der Waals surface area contributed by atoms with Gasteiger partial charge in [-0.1, -0.05) is 30.8 Å². The van der Waals surface area contributed by atoms with Crippen molar-refractivity contribution in [3.8, 4) is 17.1 Å². The number of benzene rings is 2. The lowest BCUT2D eigenvalue weighted by atomic mass is 9.93. The Hall–Kier alpha value is -4.10. The second-order valence-corrected chi connectivity index (χ2v) is 13.4. The summed E-state index contributed by atoms with van der Waals surface area (Å²) in [5.41, 5.74) is 4.20. The number of rotatable bonds is 7. The van der Waals surface area contributed by atoms with Gasteiger partial charge in [0.1, 0.15) is 24.0 Å². The van der Waals surface area contributed by atoms with Gasteiger partial charge in [-0.3, -0.25) is 9.69 Å². The van der Waals surface area contributed by atoms with Gasteiger partial charge in [-0.25, -0.2) is 15.4 Å². The van der Waals surface area contributed by atoms with Crippen LogP contribution in [0.5, 0.6) is 6.01 Å². The van der Waals surface area contributed by atoms with Gasteiger partial charge in [0.2, 0.25) is 6.54 Å². The molecule has 1 amide bonds. The van der Waals surface area contributed by atoms with Crippen molar-refractivity contribution >= 4 is 22.6 Å². The van der Waals surface area contributed by atoms with E-state index < -0.39 is 23.6 Å². The number of nitrogens with zero attached hydrogens (tertiary/aromatic N) is 6. The van der Waals surface area contributed by atoms with Crippen molar-refractivity contribution < 1.29 is 18.3 Å². The van der Waals surface area contributed by atoms with Gasteiger partial charge in [0, 0.05) is 30.6 Å². The first-order valence-electron chi connectivity index (χ1n) is 16.1. The summed E-state index contributed by atoms with van der Waals surface area (Å²) in [7, 11) is 0. The number of anilines is 1. The summed E-state index contributed by atoms with van der Waals surface area (Å²) in [5, 5.41) is 0.540. The zero-order valence-electron chi connectivity index (χ0n) is 25.3. The SMILES string of the molecule is [C-]#[N+]C[C@H]1CN(c2nc(OCC34CCCN3CCC4)nc3c(F)c(-c4cccc5c4C4CC4C5)ccc23)CCN1C(=O)C(=C)F. The minimum absolute atomic E-state index is 0.0000351. The zero-order valence-corrected chi connectivity index (χ0v) is 25.3. The highest BCUT2D eigenvalue weighted by Gasteiger charge is 2.47. The average molecular weight is 611 g/mol. The van der Waals surface area contributed by atoms with E-state index in [-0.39, 0.29) is 36.7 Å². The Labute approximate surface area is 261 Å². The molecule has 4 fully saturated rings. The van der Waals surface area contributed by atoms with Crippen molar-refractivity contribution in [1.29, 1.82) is 0 Å². The number of halogens is 2. The predicted molar refractivity (Wildman–Crippen MR) is 167 cm³/mol. The standard InChI is InChI=1S/C35H36F2N6O2/c1-21(36)33(44)43-15-14-41(19-24(43)18-38-2)32-27-9-8-26(25-7-3-6-22-16-23-17-28(23)29(22)25)30(37)31(27)39-34(40-32)45-20-35-10-4-12-42(35)13-5-11-35/h3,6-9,23-24,28H,1,4-5,10-20H2/t23?,24-,28?/m0/s1. The summed E-state index contributed by atoms with van der Waals surface area (Å²) in [6.45, 7) is 13.9. The van der Waals surface area contributed by atoms with Crippen LogP contribution >= 0.6 is 0 Å². The molecule has 1 saturated carbocycles. The van der Waals surface area contributed by atoms with Crippen LogP contribution < -0.4 is 9.64 Å². The van der Waals surface area contributed by atoms with E-state index in [1.165, 1.54) is 16.0 Å². The Morgan fingerprint density at radius 1 is 1.11 bits per heavy atom. The van der Waals surface area contributed by atoms with Crippen LogP contribution in [-0.2, 0) is 11.2 Å². The number of amides is 1. The lowest BCUT2D eigenvalue weighted by Gasteiger charge is -2.39. The molecule has 5 aliphatic rings. The Balaban J connectivity index is 1.20. The molecule has 2 aromatic carbocycles. The van der Waals surface area contributed by atoms with E-state index in [4.69, 9.17) is 21.3 Å². The molecular formula is C35H36F2N6O2. The molecule has 0 N–H and O–H groups in total. The van der Waals surface area contributed by atoms with Crippen LogP contribution in [0, 0.1) is 18.3 Å². The van der Waals surface area contributed by atoms with Crippen molar-refractivity contribution in [3.05, 3.63) is 71.1 Å². The number of hydrogen-bond acceptors (Lipinski definition) is 6. The van der Waals surface area contributed by atoms with E-state index in [1.807, 2.05) is 29.2 Å². The molecule has 4 heterocycles. The molecule has 0 radical (unpaired) electrons. The number of piperazine rings is 1. The van der Waals surface area contributed by atoms with Gasteiger partial charge < -0.3 is 19.4 Å². The van der Waals surface area contributed by atoms with Crippen molar-refractivity contribution in [2.24, 2.45) is 5.92 Å². The van der Waals surface area contributed by atoms with E-state index in [0.717, 1.165) is 57.2 Å². The first-order chi connectivity index (χ1) is 21.9. The van der Waals surface area contributed by atoms with Gasteiger partial charge in [-0.15, -0.1) is 0 Å². The maximum Gasteiger partial charge on any atom is 0.319 e. The summed E-state index contributed by atoms with van der Waals surface area (Å²) in [5.74, 6) is -0.582. The molecule has 3 aliphatic heterocycles. The van der Waals surface area contributed by atoms with Crippen LogP contribution in [0.25, 0.3) is 26.9 Å². The molecule has 0 bridgehead atoms. The smallest absolute Gasteiger partial charge is 0.319 e. The fraction of sp³-hybridized carbons (Fsp3) is 0.486. The highest BCUT2D eigenvalue weighted by Crippen LogP contribution is 2.58. The Bertz CT molecular complexity index is 1760. The van der Waals surface area contributed by atoms with E-state index in [1.54, 1.807) is 0 Å². The number of hydrogen-bond donors (Lipinski definition) is 0. The third kappa shape index (κ3) is 4.66. The second-order valence-electron chi connectivity index (χ2n) is 13.4. The minimum atomic E-state index is -1.05. The Kier molecular flexibility index (Phi) is 6.79. The van der Waals surface area contributed by atoms with E-state index in [9.17, 15) is 9.18 Å². The van der Waals surface area contributed by atoms with Crippen LogP contribution in [0.1, 0.15) is 49.1 Å². The monoisotopic (exact) mass is 610 g/mol. The van der Waals surface area contributed by atoms with Gasteiger partial charge in [0.15, 0.2) is 11.6 Å². The van der Waals surface area contributed by atoms with Crippen molar-refractivity contribution in [2.75, 3.05) is 50.8 Å². The van der Waals surface area contributed by atoms with Crippen molar-refractivity contribution in [3.63, 3.8) is 0 Å². The lowest BCUT2D eigenvalue weighted by Crippen LogP contribution is -2.56. The molecule has 10 heteroatoms. The summed E-state index contributed by atoms with van der Waals surface area (Å²) < 4.78 is 37.0. The molecule has 8 rings (SSSR count). The molecule has 3 saturated heterocycles. The first kappa shape index (κ1) is 28.4. The number of ether oxygens (including phenoxy) is 1. The maximum atomic E-state index is 16.8. The molecule has 8 nitrogen and oxygen atoms in total. The number of carbonyl (C=O) groups excluding carboxylic acids is 1. The van der Waals surface area contributed by atoms with Crippen LogP contribution in [-0.4, -0.2) is 83.1 Å². The molecule has 2 aliphatic carbocycles. The van der Waals surface area contributed by atoms with E-state index >= 15 is 4.39 Å². The summed E-state index contributed by atoms with van der Waals surface area (Å²) in [6.07, 6.45) is 6.60. The van der Waals surface area contributed by atoms with E-state index in [2.05, 4.69) is 22.4 Å². The minimum Gasteiger partial charge on any atom is -0.461 e. The largest absolute Gasteiger partial charge is 0.461 e. The van der Waals surface area contributed by atoms with Gasteiger partial charge >= 0.3 is 6.01 Å². The summed E-state index contributed by atoms with van der Waals surface area (Å²) in [4.78, 5) is 31.4. The Morgan fingerprint density at radius 3 is 2.71 bits per heavy atom. The van der Waals surface area contributed by atoms with E-state index in [0.29, 0.717) is 41.8 Å². The average Bonchev–Trinajstić information content (AvgIpc) is 3.32. The fourth-order valence-corrected chi connectivity index (χ4v) is 8.60. The maximum absolute atomic E-state index is 16.8. The molecule has 45 heavy (non-hydrogen) atoms. The third-order valence-corrected chi connectivity index (χ3v) is 10.9. The highest BCUT2D eigenvalue weighted by molar-refractivity contribution is 5.95. The molecule has 232 valence electrons. The normalized spacial score (nSPS) is 24.7. The second kappa shape index (κ2) is 10.8. The molecule has 3 atom stereocenters. The van der Waals surface area contributed by atoms with Gasteiger partial charge in [0.25, 0.3) is 5.91 Å². The lowest BCUT2D eigenvalue weighted by molar-refractivity contribution is -0.131. The van der Waals surface area contributed by atoms with Crippen LogP contribution in [0.15, 0.2) is 42.7 Å². The number of fused-ring (bicyclic) bond motifs is 5. The molecular weight excluding hydrogens is 574 g/mol. The quantitative estimate of drug-likeness (QED) is 0.259. The molecule has 0 spiro atoms. The third-order valence-electron chi connectivity index (χ3n) is 10.9. The molecule has 2 unspecified atom stereocenters. The van der Waals surface area contributed by atoms with Gasteiger partial charge in [-0.05, 0) is 86.2 Å². The zero-order chi connectivity index (χ0) is 30.9. The summed E-state index contributed by atoms with van der Waals surface area (Å²) in [6, 6.07) is 9.45. The predicted octanol–water partition coefficient (Wildman–Crippen LogP) is 5.52.